The van der Waals surface area contributed by atoms with E-state index < -0.39 is 4.92 Å². The van der Waals surface area contributed by atoms with Crippen molar-refractivity contribution in [3.63, 3.8) is 0 Å². The first-order valence-electron chi connectivity index (χ1n) is 6.84. The number of aromatic nitrogens is 1. The Hall–Kier alpha value is -1.89. The highest BCUT2D eigenvalue weighted by Gasteiger charge is 2.17. The van der Waals surface area contributed by atoms with Gasteiger partial charge in [-0.15, -0.1) is 0 Å². The molecule has 1 aromatic heterocycles. The number of nitrogens with zero attached hydrogens (tertiary/aromatic N) is 2. The summed E-state index contributed by atoms with van der Waals surface area (Å²) < 4.78 is 5.00. The van der Waals surface area contributed by atoms with Crippen molar-refractivity contribution in [1.29, 1.82) is 0 Å². The highest BCUT2D eigenvalue weighted by molar-refractivity contribution is 5.56. The number of methoxy groups -OCH3 is 1. The van der Waals surface area contributed by atoms with Crippen molar-refractivity contribution >= 4 is 11.5 Å². The van der Waals surface area contributed by atoms with Crippen molar-refractivity contribution < 1.29 is 9.66 Å². The van der Waals surface area contributed by atoms with Crippen molar-refractivity contribution in [3.8, 4) is 5.88 Å². The van der Waals surface area contributed by atoms with Gasteiger partial charge in [0.25, 0.3) is 0 Å². The van der Waals surface area contributed by atoms with Gasteiger partial charge in [-0.1, -0.05) is 0 Å². The van der Waals surface area contributed by atoms with E-state index in [9.17, 15) is 10.1 Å². The Morgan fingerprint density at radius 1 is 1.60 bits per heavy atom. The second kappa shape index (κ2) is 7.04. The Kier molecular flexibility index (Phi) is 5.11. The van der Waals surface area contributed by atoms with E-state index in [4.69, 9.17) is 4.74 Å². The van der Waals surface area contributed by atoms with Gasteiger partial charge in [-0.2, -0.15) is 4.98 Å². The van der Waals surface area contributed by atoms with Gasteiger partial charge in [0.05, 0.1) is 12.0 Å². The summed E-state index contributed by atoms with van der Waals surface area (Å²) in [7, 11) is 1.49. The minimum Gasteiger partial charge on any atom is -0.481 e. The zero-order chi connectivity index (χ0) is 14.4. The van der Waals surface area contributed by atoms with E-state index in [1.165, 1.54) is 32.1 Å². The van der Waals surface area contributed by atoms with Crippen LogP contribution in [0.25, 0.3) is 0 Å². The molecule has 1 atom stereocenters. The third kappa shape index (κ3) is 3.80. The minimum atomic E-state index is -0.434. The predicted molar refractivity (Wildman–Crippen MR) is 76.1 cm³/mol. The summed E-state index contributed by atoms with van der Waals surface area (Å²) >= 11 is 0. The van der Waals surface area contributed by atoms with Gasteiger partial charge in [-0.25, -0.2) is 0 Å². The van der Waals surface area contributed by atoms with Gasteiger partial charge in [-0.05, 0) is 38.3 Å². The van der Waals surface area contributed by atoms with E-state index in [-0.39, 0.29) is 11.5 Å². The topological polar surface area (TPSA) is 89.3 Å². The van der Waals surface area contributed by atoms with Gasteiger partial charge in [0.2, 0.25) is 11.7 Å². The average molecular weight is 280 g/mol. The lowest BCUT2D eigenvalue weighted by atomic mass is 9.96. The molecule has 2 N–H and O–H groups in total. The number of anilines is 1. The van der Waals surface area contributed by atoms with Crippen LogP contribution in [0.5, 0.6) is 5.88 Å². The number of nitro groups is 1. The third-order valence-corrected chi connectivity index (χ3v) is 3.50. The summed E-state index contributed by atoms with van der Waals surface area (Å²) in [6.45, 7) is 2.79. The molecule has 2 heterocycles. The molecule has 20 heavy (non-hydrogen) atoms. The Labute approximate surface area is 117 Å². The van der Waals surface area contributed by atoms with E-state index in [1.54, 1.807) is 0 Å². The molecule has 0 radical (unpaired) electrons. The zero-order valence-electron chi connectivity index (χ0n) is 11.6. The van der Waals surface area contributed by atoms with E-state index in [2.05, 4.69) is 15.6 Å². The molecule has 0 aromatic carbocycles. The first-order valence-corrected chi connectivity index (χ1v) is 6.84. The molecule has 1 aromatic rings. The zero-order valence-corrected chi connectivity index (χ0v) is 11.6. The minimum absolute atomic E-state index is 0.0208. The van der Waals surface area contributed by atoms with E-state index in [1.807, 2.05) is 0 Å². The van der Waals surface area contributed by atoms with Gasteiger partial charge in [0.1, 0.15) is 0 Å². The molecule has 7 nitrogen and oxygen atoms in total. The van der Waals surface area contributed by atoms with Crippen molar-refractivity contribution in [2.24, 2.45) is 5.92 Å². The molecule has 0 spiro atoms. The fraction of sp³-hybridized carbons (Fsp3) is 0.615. The van der Waals surface area contributed by atoms with E-state index in [0.717, 1.165) is 19.5 Å². The van der Waals surface area contributed by atoms with Crippen molar-refractivity contribution in [2.45, 2.75) is 19.3 Å². The Morgan fingerprint density at radius 3 is 3.10 bits per heavy atom. The maximum Gasteiger partial charge on any atom is 0.311 e. The maximum absolute atomic E-state index is 11.0. The number of ether oxygens (including phenoxy) is 1. The summed E-state index contributed by atoms with van der Waals surface area (Å²) in [5.41, 5.74) is -0.0208. The van der Waals surface area contributed by atoms with Gasteiger partial charge < -0.3 is 15.4 Å². The molecule has 0 amide bonds. The lowest BCUT2D eigenvalue weighted by Crippen LogP contribution is -2.30. The Bertz CT molecular complexity index is 461. The quantitative estimate of drug-likeness (QED) is 0.610. The molecular formula is C13H20N4O3. The standard InChI is InChI=1S/C13H20N4O3/c1-20-12-5-4-11(17(18)19)13(16-12)15-8-6-10-3-2-7-14-9-10/h4-5,10,14H,2-3,6-9H2,1H3,(H,15,16). The van der Waals surface area contributed by atoms with Crippen LogP contribution in [0.3, 0.4) is 0 Å². The molecule has 1 aliphatic heterocycles. The van der Waals surface area contributed by atoms with Crippen LogP contribution < -0.4 is 15.4 Å². The SMILES string of the molecule is COc1ccc([N+](=O)[O-])c(NCCC2CCCNC2)n1. The van der Waals surface area contributed by atoms with Crippen LogP contribution in [0.2, 0.25) is 0 Å². The van der Waals surface area contributed by atoms with Crippen LogP contribution in [0.4, 0.5) is 11.5 Å². The van der Waals surface area contributed by atoms with Crippen molar-refractivity contribution in [3.05, 3.63) is 22.2 Å². The van der Waals surface area contributed by atoms with Gasteiger partial charge >= 0.3 is 5.69 Å². The van der Waals surface area contributed by atoms with Crippen molar-refractivity contribution in [2.75, 3.05) is 32.1 Å². The normalized spacial score (nSPS) is 18.6. The number of pyridine rings is 1. The monoisotopic (exact) mass is 280 g/mol. The molecule has 2 rings (SSSR count). The molecule has 110 valence electrons. The summed E-state index contributed by atoms with van der Waals surface area (Å²) in [4.78, 5) is 14.6. The van der Waals surface area contributed by atoms with Crippen LogP contribution in [-0.2, 0) is 0 Å². The van der Waals surface area contributed by atoms with Crippen LogP contribution in [0.15, 0.2) is 12.1 Å². The number of hydrogen-bond donors (Lipinski definition) is 2. The summed E-state index contributed by atoms with van der Waals surface area (Å²) in [5, 5.41) is 17.4. The predicted octanol–water partition coefficient (Wildman–Crippen LogP) is 1.80. The second-order valence-corrected chi connectivity index (χ2v) is 4.91. The van der Waals surface area contributed by atoms with Crippen LogP contribution >= 0.6 is 0 Å². The second-order valence-electron chi connectivity index (χ2n) is 4.91. The fourth-order valence-corrected chi connectivity index (χ4v) is 2.39. The molecule has 1 saturated heterocycles. The number of rotatable bonds is 6. The molecular weight excluding hydrogens is 260 g/mol. The van der Waals surface area contributed by atoms with Crippen LogP contribution in [0, 0.1) is 16.0 Å². The third-order valence-electron chi connectivity index (χ3n) is 3.50. The lowest BCUT2D eigenvalue weighted by Gasteiger charge is -2.22. The summed E-state index contributed by atoms with van der Waals surface area (Å²) in [5.74, 6) is 1.27. The van der Waals surface area contributed by atoms with Crippen LogP contribution in [0.1, 0.15) is 19.3 Å². The van der Waals surface area contributed by atoms with E-state index in [0.29, 0.717) is 18.3 Å². The summed E-state index contributed by atoms with van der Waals surface area (Å²) in [6, 6.07) is 2.91. The highest BCUT2D eigenvalue weighted by Crippen LogP contribution is 2.25. The first kappa shape index (κ1) is 14.5. The molecule has 0 saturated carbocycles. The molecule has 1 fully saturated rings. The fourth-order valence-electron chi connectivity index (χ4n) is 2.39. The van der Waals surface area contributed by atoms with Gasteiger partial charge in [0.15, 0.2) is 0 Å². The molecule has 0 bridgehead atoms. The Morgan fingerprint density at radius 2 is 2.45 bits per heavy atom. The molecule has 1 aliphatic rings. The van der Waals surface area contributed by atoms with Gasteiger partial charge in [-0.3, -0.25) is 10.1 Å². The molecule has 7 heteroatoms. The maximum atomic E-state index is 11.0. The average Bonchev–Trinajstić information content (AvgIpc) is 2.48. The smallest absolute Gasteiger partial charge is 0.311 e. The first-order chi connectivity index (χ1) is 9.70. The van der Waals surface area contributed by atoms with Crippen LogP contribution in [-0.4, -0.2) is 36.7 Å². The van der Waals surface area contributed by atoms with Crippen molar-refractivity contribution in [1.82, 2.24) is 10.3 Å². The number of nitrogens with one attached hydrogen (secondary N) is 2. The molecule has 1 unspecified atom stereocenters. The molecule has 0 aliphatic carbocycles. The Balaban J connectivity index is 1.94. The van der Waals surface area contributed by atoms with Gasteiger partial charge in [0, 0.05) is 18.7 Å². The van der Waals surface area contributed by atoms with E-state index >= 15 is 0 Å². The highest BCUT2D eigenvalue weighted by atomic mass is 16.6. The lowest BCUT2D eigenvalue weighted by molar-refractivity contribution is -0.384. The number of piperidine rings is 1. The summed E-state index contributed by atoms with van der Waals surface area (Å²) in [6.07, 6.45) is 3.38. The number of hydrogen-bond acceptors (Lipinski definition) is 6. The largest absolute Gasteiger partial charge is 0.481 e.